The summed E-state index contributed by atoms with van der Waals surface area (Å²) in [5.41, 5.74) is 1.30. The van der Waals surface area contributed by atoms with Crippen LogP contribution in [0.4, 0.5) is 24.5 Å². The third-order valence-electron chi connectivity index (χ3n) is 4.33. The van der Waals surface area contributed by atoms with E-state index in [-0.39, 0.29) is 23.3 Å². The molecule has 26 heavy (non-hydrogen) atoms. The molecule has 0 bridgehead atoms. The summed E-state index contributed by atoms with van der Waals surface area (Å²) < 4.78 is 37.8. The van der Waals surface area contributed by atoms with Crippen LogP contribution in [0.3, 0.4) is 0 Å². The van der Waals surface area contributed by atoms with Crippen molar-refractivity contribution < 1.29 is 22.8 Å². The lowest BCUT2D eigenvalue weighted by Crippen LogP contribution is -2.17. The van der Waals surface area contributed by atoms with E-state index in [4.69, 9.17) is 0 Å². The molecule has 2 N–H and O–H groups in total. The molecule has 1 aliphatic heterocycles. The Morgan fingerprint density at radius 3 is 2.35 bits per heavy atom. The number of carbonyl (C=O) groups is 2. The fourth-order valence-electron chi connectivity index (χ4n) is 3.04. The molecule has 7 heteroatoms. The van der Waals surface area contributed by atoms with Crippen molar-refractivity contribution in [1.82, 2.24) is 0 Å². The molecule has 0 aliphatic carbocycles. The van der Waals surface area contributed by atoms with E-state index in [1.807, 2.05) is 13.8 Å². The number of carbonyl (C=O) groups excluding carboxylic acids is 2. The van der Waals surface area contributed by atoms with Crippen LogP contribution in [0.1, 0.15) is 41.3 Å². The molecule has 0 saturated heterocycles. The van der Waals surface area contributed by atoms with E-state index in [1.54, 1.807) is 18.2 Å². The number of hydrogen-bond donors (Lipinski definition) is 2. The molecule has 3 rings (SSSR count). The third kappa shape index (κ3) is 3.42. The Morgan fingerprint density at radius 1 is 1.12 bits per heavy atom. The molecule has 4 nitrogen and oxygen atoms in total. The SMILES string of the molecule is CC(C)C1C(=O)Nc2ccc(NC(=O)c3ccc(C(F)(F)F)cc3)cc21. The molecule has 2 aromatic carbocycles. The largest absolute Gasteiger partial charge is 0.416 e. The van der Waals surface area contributed by atoms with E-state index in [9.17, 15) is 22.8 Å². The van der Waals surface area contributed by atoms with Crippen molar-refractivity contribution in [3.63, 3.8) is 0 Å². The third-order valence-corrected chi connectivity index (χ3v) is 4.33. The van der Waals surface area contributed by atoms with Gasteiger partial charge >= 0.3 is 6.18 Å². The van der Waals surface area contributed by atoms with Crippen LogP contribution < -0.4 is 10.6 Å². The van der Waals surface area contributed by atoms with Gasteiger partial charge in [-0.1, -0.05) is 13.8 Å². The van der Waals surface area contributed by atoms with Crippen molar-refractivity contribution in [2.75, 3.05) is 10.6 Å². The summed E-state index contributed by atoms with van der Waals surface area (Å²) in [5.74, 6) is -0.802. The summed E-state index contributed by atoms with van der Waals surface area (Å²) in [5, 5.41) is 5.46. The van der Waals surface area contributed by atoms with Crippen LogP contribution in [0.25, 0.3) is 0 Å². The van der Waals surface area contributed by atoms with Gasteiger partial charge in [-0.15, -0.1) is 0 Å². The van der Waals surface area contributed by atoms with E-state index in [2.05, 4.69) is 10.6 Å². The first-order valence-electron chi connectivity index (χ1n) is 8.10. The number of benzene rings is 2. The van der Waals surface area contributed by atoms with Gasteiger partial charge in [0.1, 0.15) is 0 Å². The van der Waals surface area contributed by atoms with Gasteiger partial charge in [0.15, 0.2) is 0 Å². The number of hydrogen-bond acceptors (Lipinski definition) is 2. The Morgan fingerprint density at radius 2 is 1.77 bits per heavy atom. The Balaban J connectivity index is 1.80. The predicted octanol–water partition coefficient (Wildman–Crippen LogP) is 4.65. The summed E-state index contributed by atoms with van der Waals surface area (Å²) in [7, 11) is 0. The first-order valence-corrected chi connectivity index (χ1v) is 8.10. The van der Waals surface area contributed by atoms with Crippen LogP contribution in [0.15, 0.2) is 42.5 Å². The summed E-state index contributed by atoms with van der Waals surface area (Å²) in [6.07, 6.45) is -4.44. The monoisotopic (exact) mass is 362 g/mol. The van der Waals surface area contributed by atoms with Gasteiger partial charge < -0.3 is 10.6 Å². The number of rotatable bonds is 3. The zero-order valence-electron chi connectivity index (χ0n) is 14.1. The molecule has 0 saturated carbocycles. The number of amides is 2. The van der Waals surface area contributed by atoms with E-state index in [1.165, 1.54) is 0 Å². The smallest absolute Gasteiger partial charge is 0.325 e. The van der Waals surface area contributed by atoms with Gasteiger partial charge in [0, 0.05) is 16.9 Å². The second-order valence-corrected chi connectivity index (χ2v) is 6.54. The lowest BCUT2D eigenvalue weighted by Gasteiger charge is -2.14. The minimum Gasteiger partial charge on any atom is -0.325 e. The summed E-state index contributed by atoms with van der Waals surface area (Å²) in [6, 6.07) is 9.08. The Bertz CT molecular complexity index is 858. The molecular weight excluding hydrogens is 345 g/mol. The first-order chi connectivity index (χ1) is 12.2. The zero-order chi connectivity index (χ0) is 19.1. The van der Waals surface area contributed by atoms with Crippen LogP contribution in [0.5, 0.6) is 0 Å². The fourth-order valence-corrected chi connectivity index (χ4v) is 3.04. The van der Waals surface area contributed by atoms with Crippen molar-refractivity contribution in [3.05, 3.63) is 59.2 Å². The van der Waals surface area contributed by atoms with E-state index in [0.717, 1.165) is 29.8 Å². The predicted molar refractivity (Wildman–Crippen MR) is 92.0 cm³/mol. The molecule has 1 heterocycles. The lowest BCUT2D eigenvalue weighted by molar-refractivity contribution is -0.137. The summed E-state index contributed by atoms with van der Waals surface area (Å²) >= 11 is 0. The molecule has 2 amide bonds. The molecule has 0 spiro atoms. The Labute approximate surface area is 148 Å². The quantitative estimate of drug-likeness (QED) is 0.835. The number of anilines is 2. The molecule has 1 atom stereocenters. The van der Waals surface area contributed by atoms with Gasteiger partial charge in [-0.2, -0.15) is 13.2 Å². The molecule has 1 aliphatic rings. The van der Waals surface area contributed by atoms with Crippen molar-refractivity contribution in [2.45, 2.75) is 25.9 Å². The molecule has 0 radical (unpaired) electrons. The van der Waals surface area contributed by atoms with Gasteiger partial charge in [0.2, 0.25) is 5.91 Å². The molecule has 0 aromatic heterocycles. The van der Waals surface area contributed by atoms with Crippen molar-refractivity contribution in [1.29, 1.82) is 0 Å². The highest BCUT2D eigenvalue weighted by Gasteiger charge is 2.33. The van der Waals surface area contributed by atoms with Crippen molar-refractivity contribution in [3.8, 4) is 0 Å². The highest BCUT2D eigenvalue weighted by molar-refractivity contribution is 6.06. The van der Waals surface area contributed by atoms with Gasteiger partial charge in [-0.05, 0) is 53.9 Å². The minimum absolute atomic E-state index is 0.0822. The minimum atomic E-state index is -4.44. The van der Waals surface area contributed by atoms with Crippen LogP contribution in [0, 0.1) is 5.92 Å². The highest BCUT2D eigenvalue weighted by Crippen LogP contribution is 2.38. The first kappa shape index (κ1) is 18.0. The second kappa shape index (κ2) is 6.48. The van der Waals surface area contributed by atoms with Gasteiger partial charge in [-0.25, -0.2) is 0 Å². The standard InChI is InChI=1S/C19H17F3N2O2/c1-10(2)16-14-9-13(7-8-15(14)24-18(16)26)23-17(25)11-3-5-12(6-4-11)19(20,21)22/h3-10,16H,1-2H3,(H,23,25)(H,24,26). The lowest BCUT2D eigenvalue weighted by atomic mass is 9.89. The Hall–Kier alpha value is -2.83. The molecule has 0 fully saturated rings. The number of nitrogens with one attached hydrogen (secondary N) is 2. The molecule has 136 valence electrons. The zero-order valence-corrected chi connectivity index (χ0v) is 14.1. The van der Waals surface area contributed by atoms with Gasteiger partial charge in [-0.3, -0.25) is 9.59 Å². The maximum Gasteiger partial charge on any atom is 0.416 e. The van der Waals surface area contributed by atoms with Crippen LogP contribution >= 0.6 is 0 Å². The molecule has 2 aromatic rings. The van der Waals surface area contributed by atoms with Crippen LogP contribution in [-0.2, 0) is 11.0 Å². The van der Waals surface area contributed by atoms with Crippen LogP contribution in [-0.4, -0.2) is 11.8 Å². The average molecular weight is 362 g/mol. The number of fused-ring (bicyclic) bond motifs is 1. The number of alkyl halides is 3. The average Bonchev–Trinajstić information content (AvgIpc) is 2.89. The maximum absolute atomic E-state index is 12.6. The highest BCUT2D eigenvalue weighted by atomic mass is 19.4. The molecule has 1 unspecified atom stereocenters. The van der Waals surface area contributed by atoms with Crippen molar-refractivity contribution in [2.24, 2.45) is 5.92 Å². The van der Waals surface area contributed by atoms with Crippen LogP contribution in [0.2, 0.25) is 0 Å². The summed E-state index contributed by atoms with van der Waals surface area (Å²) in [4.78, 5) is 24.3. The number of halogens is 3. The van der Waals surface area contributed by atoms with Gasteiger partial charge in [0.05, 0.1) is 11.5 Å². The second-order valence-electron chi connectivity index (χ2n) is 6.54. The van der Waals surface area contributed by atoms with Gasteiger partial charge in [0.25, 0.3) is 5.91 Å². The van der Waals surface area contributed by atoms with Crippen molar-refractivity contribution >= 4 is 23.2 Å². The molecular formula is C19H17F3N2O2. The summed E-state index contributed by atoms with van der Waals surface area (Å²) in [6.45, 7) is 3.87. The van der Waals surface area contributed by atoms with E-state index >= 15 is 0 Å². The van der Waals surface area contributed by atoms with E-state index in [0.29, 0.717) is 11.4 Å². The normalized spacial score (nSPS) is 16.4. The fraction of sp³-hybridized carbons (Fsp3) is 0.263. The maximum atomic E-state index is 12.6. The topological polar surface area (TPSA) is 58.2 Å². The Kier molecular flexibility index (Phi) is 4.48. The van der Waals surface area contributed by atoms with E-state index < -0.39 is 17.6 Å².